The lowest BCUT2D eigenvalue weighted by molar-refractivity contribution is 0.370. The Hall–Kier alpha value is -1.13. The van der Waals surface area contributed by atoms with Crippen molar-refractivity contribution in [3.8, 4) is 0 Å². The van der Waals surface area contributed by atoms with Gasteiger partial charge in [-0.1, -0.05) is 24.3 Å². The van der Waals surface area contributed by atoms with Crippen LogP contribution in [0.15, 0.2) is 46.2 Å². The van der Waals surface area contributed by atoms with Crippen LogP contribution in [0.2, 0.25) is 0 Å². The molecule has 3 nitrogen and oxygen atoms in total. The lowest BCUT2D eigenvalue weighted by atomic mass is 10.2. The molecule has 4 heteroatoms. The van der Waals surface area contributed by atoms with Crippen LogP contribution in [0.5, 0.6) is 0 Å². The second-order valence-electron chi connectivity index (χ2n) is 4.45. The molecule has 0 amide bonds. The summed E-state index contributed by atoms with van der Waals surface area (Å²) in [6, 6.07) is 8.58. The summed E-state index contributed by atoms with van der Waals surface area (Å²) in [5.74, 6) is 0. The van der Waals surface area contributed by atoms with Crippen molar-refractivity contribution in [1.29, 1.82) is 0 Å². The second-order valence-corrected chi connectivity index (χ2v) is 6.40. The average Bonchev–Trinajstić information content (AvgIpc) is 3.08. The minimum absolute atomic E-state index is 0.127. The summed E-state index contributed by atoms with van der Waals surface area (Å²) in [5.41, 5.74) is 0. The largest absolute Gasteiger partial charge is 0.364 e. The summed E-state index contributed by atoms with van der Waals surface area (Å²) < 4.78 is 30.3. The molecule has 17 heavy (non-hydrogen) atoms. The fourth-order valence-corrected chi connectivity index (χ4v) is 3.93. The second kappa shape index (κ2) is 3.96. The highest BCUT2D eigenvalue weighted by molar-refractivity contribution is 7.95. The Morgan fingerprint density at radius 1 is 1.18 bits per heavy atom. The van der Waals surface area contributed by atoms with Crippen LogP contribution in [0, 0.1) is 0 Å². The quantitative estimate of drug-likeness (QED) is 0.757. The minimum Gasteiger partial charge on any atom is -0.364 e. The van der Waals surface area contributed by atoms with E-state index in [1.165, 1.54) is 0 Å². The maximum absolute atomic E-state index is 12.4. The molecule has 0 spiro atoms. The molecule has 2 aliphatic rings. The van der Waals surface area contributed by atoms with Gasteiger partial charge in [-0.05, 0) is 31.4 Å². The lowest BCUT2D eigenvalue weighted by Gasteiger charge is -2.06. The molecule has 90 valence electrons. The van der Waals surface area contributed by atoms with E-state index in [9.17, 15) is 8.42 Å². The topological polar surface area (TPSA) is 46.7 Å². The molecule has 2 atom stereocenters. The molecular formula is C13H14O3S. The van der Waals surface area contributed by atoms with Crippen LogP contribution in [0.1, 0.15) is 19.3 Å². The Kier molecular flexibility index (Phi) is 2.56. The third kappa shape index (κ3) is 1.91. The predicted molar refractivity (Wildman–Crippen MR) is 64.2 cm³/mol. The van der Waals surface area contributed by atoms with Gasteiger partial charge in [0.25, 0.3) is 0 Å². The third-order valence-corrected chi connectivity index (χ3v) is 5.18. The van der Waals surface area contributed by atoms with E-state index in [1.54, 1.807) is 24.3 Å². The normalized spacial score (nSPS) is 27.9. The van der Waals surface area contributed by atoms with Gasteiger partial charge in [0.15, 0.2) is 0 Å². The summed E-state index contributed by atoms with van der Waals surface area (Å²) in [4.78, 5) is 0.827. The summed E-state index contributed by atoms with van der Waals surface area (Å²) in [7, 11) is -3.36. The van der Waals surface area contributed by atoms with Crippen molar-refractivity contribution in [1.82, 2.24) is 0 Å². The van der Waals surface area contributed by atoms with E-state index in [4.69, 9.17) is 4.74 Å². The molecule has 1 saturated heterocycles. The molecule has 0 radical (unpaired) electrons. The van der Waals surface area contributed by atoms with Gasteiger partial charge in [0.1, 0.15) is 6.10 Å². The molecule has 0 unspecified atom stereocenters. The number of ether oxygens (including phenoxy) is 1. The molecule has 0 saturated carbocycles. The van der Waals surface area contributed by atoms with Crippen molar-refractivity contribution in [2.75, 3.05) is 0 Å². The zero-order valence-electron chi connectivity index (χ0n) is 9.37. The zero-order chi connectivity index (χ0) is 11.9. The van der Waals surface area contributed by atoms with Crippen molar-refractivity contribution >= 4 is 9.84 Å². The molecular weight excluding hydrogens is 236 g/mol. The van der Waals surface area contributed by atoms with E-state index in [0.29, 0.717) is 9.80 Å². The molecule has 1 aromatic carbocycles. The number of fused-ring (bicyclic) bond motifs is 1. The molecule has 0 bridgehead atoms. The lowest BCUT2D eigenvalue weighted by Crippen LogP contribution is -2.10. The SMILES string of the molecule is O=S(=O)(C1=CCCC[C@@H]2O[C@H]12)c1ccccc1. The van der Waals surface area contributed by atoms with Crippen LogP contribution in [0.3, 0.4) is 0 Å². The van der Waals surface area contributed by atoms with Crippen molar-refractivity contribution in [3.05, 3.63) is 41.3 Å². The summed E-state index contributed by atoms with van der Waals surface area (Å²) in [6.07, 6.45) is 4.58. The molecule has 3 rings (SSSR count). The Bertz CT molecular complexity index is 545. The zero-order valence-corrected chi connectivity index (χ0v) is 10.2. The number of sulfone groups is 1. The van der Waals surface area contributed by atoms with Gasteiger partial charge in [-0.2, -0.15) is 0 Å². The van der Waals surface area contributed by atoms with Gasteiger partial charge in [0.05, 0.1) is 15.9 Å². The predicted octanol–water partition coefficient (Wildman–Crippen LogP) is 2.30. The number of hydrogen-bond acceptors (Lipinski definition) is 3. The number of rotatable bonds is 2. The van der Waals surface area contributed by atoms with Gasteiger partial charge in [-0.3, -0.25) is 0 Å². The van der Waals surface area contributed by atoms with E-state index in [2.05, 4.69) is 0 Å². The van der Waals surface area contributed by atoms with Gasteiger partial charge >= 0.3 is 0 Å². The van der Waals surface area contributed by atoms with Gasteiger partial charge in [-0.15, -0.1) is 0 Å². The summed E-state index contributed by atoms with van der Waals surface area (Å²) >= 11 is 0. The maximum Gasteiger partial charge on any atom is 0.205 e. The van der Waals surface area contributed by atoms with Crippen LogP contribution >= 0.6 is 0 Å². The van der Waals surface area contributed by atoms with Crippen LogP contribution in [-0.2, 0) is 14.6 Å². The maximum atomic E-state index is 12.4. The number of benzene rings is 1. The van der Waals surface area contributed by atoms with Crippen LogP contribution in [0.4, 0.5) is 0 Å². The van der Waals surface area contributed by atoms with E-state index in [-0.39, 0.29) is 12.2 Å². The smallest absolute Gasteiger partial charge is 0.205 e. The van der Waals surface area contributed by atoms with Crippen molar-refractivity contribution in [3.63, 3.8) is 0 Å². The first-order chi connectivity index (χ1) is 8.19. The van der Waals surface area contributed by atoms with Crippen molar-refractivity contribution in [2.24, 2.45) is 0 Å². The molecule has 0 N–H and O–H groups in total. The molecule has 1 fully saturated rings. The minimum atomic E-state index is -3.36. The highest BCUT2D eigenvalue weighted by Crippen LogP contribution is 2.40. The third-order valence-electron chi connectivity index (χ3n) is 3.26. The van der Waals surface area contributed by atoms with Crippen LogP contribution in [0.25, 0.3) is 0 Å². The molecule has 1 aliphatic heterocycles. The fourth-order valence-electron chi connectivity index (χ4n) is 2.29. The first-order valence-corrected chi connectivity index (χ1v) is 7.33. The number of allylic oxidation sites excluding steroid dienone is 1. The first kappa shape index (κ1) is 11.0. The van der Waals surface area contributed by atoms with Crippen molar-refractivity contribution < 1.29 is 13.2 Å². The highest BCUT2D eigenvalue weighted by atomic mass is 32.2. The first-order valence-electron chi connectivity index (χ1n) is 5.85. The Balaban J connectivity index is 2.01. The molecule has 1 aromatic rings. The van der Waals surface area contributed by atoms with Crippen LogP contribution < -0.4 is 0 Å². The van der Waals surface area contributed by atoms with Gasteiger partial charge in [0.2, 0.25) is 9.84 Å². The Morgan fingerprint density at radius 2 is 1.94 bits per heavy atom. The fraction of sp³-hybridized carbons (Fsp3) is 0.385. The van der Waals surface area contributed by atoms with E-state index >= 15 is 0 Å². The van der Waals surface area contributed by atoms with Crippen molar-refractivity contribution in [2.45, 2.75) is 36.4 Å². The van der Waals surface area contributed by atoms with Gasteiger partial charge in [-0.25, -0.2) is 8.42 Å². The van der Waals surface area contributed by atoms with Gasteiger partial charge < -0.3 is 4.74 Å². The molecule has 0 aromatic heterocycles. The standard InChI is InChI=1S/C13H14O3S/c14-17(15,10-6-2-1-3-7-10)12-9-5-4-8-11-13(12)16-11/h1-3,6-7,9,11,13H,4-5,8H2/t11-,13-/m0/s1. The van der Waals surface area contributed by atoms with E-state index in [1.807, 2.05) is 12.1 Å². The highest BCUT2D eigenvalue weighted by Gasteiger charge is 2.47. The average molecular weight is 250 g/mol. The Labute approximate surface area is 101 Å². The summed E-state index contributed by atoms with van der Waals surface area (Å²) in [5, 5.41) is 0. The van der Waals surface area contributed by atoms with E-state index < -0.39 is 9.84 Å². The number of hydrogen-bond donors (Lipinski definition) is 0. The monoisotopic (exact) mass is 250 g/mol. The van der Waals surface area contributed by atoms with E-state index in [0.717, 1.165) is 19.3 Å². The Morgan fingerprint density at radius 3 is 2.71 bits per heavy atom. The number of epoxide rings is 1. The van der Waals surface area contributed by atoms with Crippen LogP contribution in [-0.4, -0.2) is 20.6 Å². The van der Waals surface area contributed by atoms with Gasteiger partial charge in [0, 0.05) is 0 Å². The summed E-state index contributed by atoms with van der Waals surface area (Å²) in [6.45, 7) is 0. The molecule has 1 aliphatic carbocycles. The molecule has 1 heterocycles.